The number of hydrogen-bond acceptors (Lipinski definition) is 4. The van der Waals surface area contributed by atoms with Crippen LogP contribution in [-0.2, 0) is 11.3 Å². The van der Waals surface area contributed by atoms with Gasteiger partial charge in [-0.1, -0.05) is 29.8 Å². The molecule has 1 aliphatic rings. The van der Waals surface area contributed by atoms with E-state index in [0.717, 1.165) is 23.9 Å². The molecule has 0 aliphatic carbocycles. The van der Waals surface area contributed by atoms with Gasteiger partial charge in [0.05, 0.1) is 24.2 Å². The molecule has 0 bridgehead atoms. The Morgan fingerprint density at radius 1 is 1.21 bits per heavy atom. The molecule has 0 N–H and O–H groups in total. The summed E-state index contributed by atoms with van der Waals surface area (Å²) in [5.74, 6) is -0.219. The quantitative estimate of drug-likeness (QED) is 0.462. The molecule has 2 aromatic carbocycles. The average Bonchev–Trinajstić information content (AvgIpc) is 3.11. The molecule has 1 aliphatic heterocycles. The molecule has 0 spiro atoms. The predicted molar refractivity (Wildman–Crippen MR) is 126 cm³/mol. The lowest BCUT2D eigenvalue weighted by Gasteiger charge is -2.33. The largest absolute Gasteiger partial charge is 0.464 e. The molecule has 3 aromatic rings. The Morgan fingerprint density at radius 3 is 2.76 bits per heavy atom. The minimum atomic E-state index is -0.528. The summed E-state index contributed by atoms with van der Waals surface area (Å²) < 4.78 is 28.0. The number of aromatic nitrogens is 2. The van der Waals surface area contributed by atoms with Gasteiger partial charge in [0, 0.05) is 29.6 Å². The monoisotopic (exact) mass is 473 g/mol. The highest BCUT2D eigenvalue weighted by Gasteiger charge is 2.28. The molecular formula is C25H29ClFN3O3. The minimum Gasteiger partial charge on any atom is -0.464 e. The van der Waals surface area contributed by atoms with Gasteiger partial charge in [-0.05, 0) is 57.9 Å². The van der Waals surface area contributed by atoms with E-state index in [0.29, 0.717) is 36.3 Å². The van der Waals surface area contributed by atoms with Crippen LogP contribution in [0.25, 0.3) is 11.0 Å². The van der Waals surface area contributed by atoms with Crippen molar-refractivity contribution in [3.05, 3.63) is 58.9 Å². The molecule has 4 rings (SSSR count). The van der Waals surface area contributed by atoms with Crippen LogP contribution >= 0.6 is 11.6 Å². The van der Waals surface area contributed by atoms with E-state index in [-0.39, 0.29) is 24.4 Å². The van der Waals surface area contributed by atoms with Gasteiger partial charge < -0.3 is 14.4 Å². The first-order valence-electron chi connectivity index (χ1n) is 11.2. The summed E-state index contributed by atoms with van der Waals surface area (Å²) in [7, 11) is 0. The standard InChI is InChI=1S/C25H29ClFN3O3/c1-25(2,3)33-24(31)29-13-7-8-17(14-29)16-32-23-28-21-11-4-5-12-22(21)30(23)15-18-19(26)9-6-10-20(18)27/h4-6,9-12,17H,7-8,13-16H2,1-3H3/t17-/m0/s1. The summed E-state index contributed by atoms with van der Waals surface area (Å²) in [6.45, 7) is 7.43. The van der Waals surface area contributed by atoms with E-state index in [1.165, 1.54) is 6.07 Å². The van der Waals surface area contributed by atoms with Gasteiger partial charge in [-0.3, -0.25) is 4.57 Å². The molecular weight excluding hydrogens is 445 g/mol. The minimum absolute atomic E-state index is 0.150. The van der Waals surface area contributed by atoms with Gasteiger partial charge >= 0.3 is 6.09 Å². The van der Waals surface area contributed by atoms with E-state index >= 15 is 0 Å². The van der Waals surface area contributed by atoms with Crippen LogP contribution in [0.15, 0.2) is 42.5 Å². The lowest BCUT2D eigenvalue weighted by Crippen LogP contribution is -2.44. The third-order valence-electron chi connectivity index (χ3n) is 5.62. The van der Waals surface area contributed by atoms with Crippen LogP contribution in [0.5, 0.6) is 6.01 Å². The highest BCUT2D eigenvalue weighted by Crippen LogP contribution is 2.28. The van der Waals surface area contributed by atoms with Crippen molar-refractivity contribution in [2.45, 2.75) is 45.8 Å². The van der Waals surface area contributed by atoms with Crippen molar-refractivity contribution < 1.29 is 18.7 Å². The normalized spacial score (nSPS) is 16.8. The maximum Gasteiger partial charge on any atom is 0.410 e. The van der Waals surface area contributed by atoms with Crippen LogP contribution < -0.4 is 4.74 Å². The Hall–Kier alpha value is -2.80. The molecule has 0 unspecified atom stereocenters. The Balaban J connectivity index is 1.51. The number of nitrogens with zero attached hydrogens (tertiary/aromatic N) is 3. The van der Waals surface area contributed by atoms with Crippen molar-refractivity contribution in [2.75, 3.05) is 19.7 Å². The molecule has 1 aromatic heterocycles. The van der Waals surface area contributed by atoms with E-state index in [9.17, 15) is 9.18 Å². The zero-order chi connectivity index (χ0) is 23.6. The van der Waals surface area contributed by atoms with Crippen molar-refractivity contribution in [2.24, 2.45) is 5.92 Å². The predicted octanol–water partition coefficient (Wildman–Crippen LogP) is 5.90. The highest BCUT2D eigenvalue weighted by molar-refractivity contribution is 6.31. The second-order valence-electron chi connectivity index (χ2n) is 9.42. The topological polar surface area (TPSA) is 56.6 Å². The Morgan fingerprint density at radius 2 is 2.00 bits per heavy atom. The van der Waals surface area contributed by atoms with Crippen LogP contribution in [0.2, 0.25) is 5.02 Å². The van der Waals surface area contributed by atoms with Crippen LogP contribution in [-0.4, -0.2) is 45.8 Å². The Labute approximate surface area is 198 Å². The van der Waals surface area contributed by atoms with Crippen molar-refractivity contribution >= 4 is 28.7 Å². The molecule has 1 atom stereocenters. The number of fused-ring (bicyclic) bond motifs is 1. The SMILES string of the molecule is CC(C)(C)OC(=O)N1CCC[C@H](COc2nc3ccccc3n2Cc2c(F)cccc2Cl)C1. The van der Waals surface area contributed by atoms with Gasteiger partial charge in [0.1, 0.15) is 11.4 Å². The van der Waals surface area contributed by atoms with E-state index in [1.807, 2.05) is 49.6 Å². The third kappa shape index (κ3) is 5.58. The number of benzene rings is 2. The van der Waals surface area contributed by atoms with Crippen LogP contribution in [0.4, 0.5) is 9.18 Å². The van der Waals surface area contributed by atoms with Crippen molar-refractivity contribution in [3.63, 3.8) is 0 Å². The number of carbonyl (C=O) groups is 1. The number of amides is 1. The first kappa shape index (κ1) is 23.4. The fraction of sp³-hybridized carbons (Fsp3) is 0.440. The van der Waals surface area contributed by atoms with Crippen LogP contribution in [0, 0.1) is 11.7 Å². The molecule has 6 nitrogen and oxygen atoms in total. The molecule has 2 heterocycles. The number of hydrogen-bond donors (Lipinski definition) is 0. The summed E-state index contributed by atoms with van der Waals surface area (Å²) in [4.78, 5) is 18.8. The molecule has 1 fully saturated rings. The highest BCUT2D eigenvalue weighted by atomic mass is 35.5. The number of imidazole rings is 1. The Kier molecular flexibility index (Phi) is 6.79. The first-order valence-corrected chi connectivity index (χ1v) is 11.6. The zero-order valence-corrected chi connectivity index (χ0v) is 19.9. The van der Waals surface area contributed by atoms with Crippen molar-refractivity contribution in [1.82, 2.24) is 14.5 Å². The number of halogens is 2. The maximum atomic E-state index is 14.5. The van der Waals surface area contributed by atoms with Crippen molar-refractivity contribution in [1.29, 1.82) is 0 Å². The van der Waals surface area contributed by atoms with Gasteiger partial charge in [-0.25, -0.2) is 9.18 Å². The van der Waals surface area contributed by atoms with E-state index < -0.39 is 5.60 Å². The molecule has 176 valence electrons. The first-order chi connectivity index (χ1) is 15.7. The van der Waals surface area contributed by atoms with Gasteiger partial charge in [0.15, 0.2) is 0 Å². The average molecular weight is 474 g/mol. The lowest BCUT2D eigenvalue weighted by molar-refractivity contribution is 0.0136. The van der Waals surface area contributed by atoms with Crippen molar-refractivity contribution in [3.8, 4) is 6.01 Å². The number of ether oxygens (including phenoxy) is 2. The third-order valence-corrected chi connectivity index (χ3v) is 5.97. The van der Waals surface area contributed by atoms with E-state index in [4.69, 9.17) is 21.1 Å². The second-order valence-corrected chi connectivity index (χ2v) is 9.82. The van der Waals surface area contributed by atoms with Crippen LogP contribution in [0.3, 0.4) is 0 Å². The summed E-state index contributed by atoms with van der Waals surface area (Å²) in [5, 5.41) is 0.360. The molecule has 1 saturated heterocycles. The number of rotatable bonds is 5. The van der Waals surface area contributed by atoms with E-state index in [2.05, 4.69) is 4.98 Å². The summed E-state index contributed by atoms with van der Waals surface area (Å²) in [5.41, 5.74) is 1.46. The van der Waals surface area contributed by atoms with Gasteiger partial charge in [-0.15, -0.1) is 0 Å². The fourth-order valence-electron chi connectivity index (χ4n) is 4.04. The zero-order valence-electron chi connectivity index (χ0n) is 19.2. The number of para-hydroxylation sites is 2. The smallest absolute Gasteiger partial charge is 0.410 e. The molecule has 0 radical (unpaired) electrons. The summed E-state index contributed by atoms with van der Waals surface area (Å²) >= 11 is 6.28. The second kappa shape index (κ2) is 9.59. The summed E-state index contributed by atoms with van der Waals surface area (Å²) in [6.07, 6.45) is 1.53. The summed E-state index contributed by atoms with van der Waals surface area (Å²) in [6, 6.07) is 12.7. The molecule has 1 amide bonds. The maximum absolute atomic E-state index is 14.5. The van der Waals surface area contributed by atoms with Gasteiger partial charge in [-0.2, -0.15) is 4.98 Å². The number of likely N-dealkylation sites (tertiary alicyclic amines) is 1. The number of carbonyl (C=O) groups excluding carboxylic acids is 1. The molecule has 8 heteroatoms. The Bertz CT molecular complexity index is 1120. The lowest BCUT2D eigenvalue weighted by atomic mass is 9.99. The number of piperidine rings is 1. The fourth-order valence-corrected chi connectivity index (χ4v) is 4.27. The van der Waals surface area contributed by atoms with Gasteiger partial charge in [0.25, 0.3) is 6.01 Å². The van der Waals surface area contributed by atoms with Gasteiger partial charge in [0.2, 0.25) is 0 Å². The van der Waals surface area contributed by atoms with Crippen LogP contribution in [0.1, 0.15) is 39.2 Å². The molecule has 0 saturated carbocycles. The molecule has 33 heavy (non-hydrogen) atoms. The van der Waals surface area contributed by atoms with E-state index in [1.54, 1.807) is 17.0 Å².